The van der Waals surface area contributed by atoms with Crippen LogP contribution < -0.4 is 15.0 Å². The third-order valence-corrected chi connectivity index (χ3v) is 7.41. The fourth-order valence-electron chi connectivity index (χ4n) is 3.93. The lowest BCUT2D eigenvalue weighted by Crippen LogP contribution is -2.11. The maximum atomic E-state index is 12.9. The number of aryl methyl sites for hydroxylation is 2. The van der Waals surface area contributed by atoms with Crippen LogP contribution in [0.4, 0.5) is 0 Å². The third kappa shape index (κ3) is 3.94. The maximum absolute atomic E-state index is 12.9. The van der Waals surface area contributed by atoms with Gasteiger partial charge in [0, 0.05) is 16.6 Å². The number of thiophene rings is 1. The van der Waals surface area contributed by atoms with Gasteiger partial charge in [-0.3, -0.25) is 9.78 Å². The first-order valence-electron chi connectivity index (χ1n) is 10.1. The number of methoxy groups -OCH3 is 1. The number of hydrogen-bond acceptors (Lipinski definition) is 6. The summed E-state index contributed by atoms with van der Waals surface area (Å²) in [5.74, 6) is 1.78. The summed E-state index contributed by atoms with van der Waals surface area (Å²) in [6.07, 6.45) is 6.06. The van der Waals surface area contributed by atoms with E-state index in [1.54, 1.807) is 24.6 Å². The van der Waals surface area contributed by atoms with Crippen LogP contribution in [0.15, 0.2) is 41.3 Å². The molecular weight excluding hydrogens is 525 g/mol. The third-order valence-electron chi connectivity index (χ3n) is 5.42. The van der Waals surface area contributed by atoms with Crippen molar-refractivity contribution in [1.29, 1.82) is 0 Å². The second kappa shape index (κ2) is 8.58. The summed E-state index contributed by atoms with van der Waals surface area (Å²) >= 11 is 3.87. The average Bonchev–Trinajstić information content (AvgIpc) is 3.17. The number of pyridine rings is 1. The summed E-state index contributed by atoms with van der Waals surface area (Å²) in [7, 11) is 1.61. The van der Waals surface area contributed by atoms with E-state index in [9.17, 15) is 4.79 Å². The standard InChI is InChI=1S/C23H20IN3O3S/c1-29-17-11-13(10-16(24)20(17)30-12-14-6-4-5-9-25-14)21-26-22(28)19-15-7-2-3-8-18(15)31-23(19)27-21/h4-6,9-11H,2-3,7-8,12H2,1H3,(H,26,27,28). The topological polar surface area (TPSA) is 77.1 Å². The number of benzene rings is 1. The van der Waals surface area contributed by atoms with Gasteiger partial charge in [-0.05, 0) is 78.1 Å². The van der Waals surface area contributed by atoms with Crippen molar-refractivity contribution in [1.82, 2.24) is 15.0 Å². The fourth-order valence-corrected chi connectivity index (χ4v) is 5.95. The van der Waals surface area contributed by atoms with E-state index in [2.05, 4.69) is 32.6 Å². The van der Waals surface area contributed by atoms with Crippen LogP contribution in [0.5, 0.6) is 11.5 Å². The molecule has 6 nitrogen and oxygen atoms in total. The molecule has 0 radical (unpaired) electrons. The van der Waals surface area contributed by atoms with Crippen LogP contribution in [0.25, 0.3) is 21.6 Å². The molecule has 1 N–H and O–H groups in total. The molecule has 0 saturated heterocycles. The van der Waals surface area contributed by atoms with Crippen LogP contribution in [0.3, 0.4) is 0 Å². The SMILES string of the molecule is COc1cc(-c2nc3sc4c(c3c(=O)[nH]2)CCCC4)cc(I)c1OCc1ccccn1. The molecule has 1 aliphatic rings. The number of rotatable bonds is 5. The lowest BCUT2D eigenvalue weighted by Gasteiger charge is -2.14. The maximum Gasteiger partial charge on any atom is 0.260 e. The average molecular weight is 545 g/mol. The van der Waals surface area contributed by atoms with Crippen molar-refractivity contribution in [2.24, 2.45) is 0 Å². The predicted molar refractivity (Wildman–Crippen MR) is 130 cm³/mol. The Morgan fingerprint density at radius 1 is 1.23 bits per heavy atom. The van der Waals surface area contributed by atoms with Crippen molar-refractivity contribution in [3.63, 3.8) is 0 Å². The Labute approximate surface area is 196 Å². The van der Waals surface area contributed by atoms with E-state index < -0.39 is 0 Å². The number of H-pyrrole nitrogens is 1. The van der Waals surface area contributed by atoms with Crippen molar-refractivity contribution in [3.05, 3.63) is 66.6 Å². The molecule has 0 aliphatic heterocycles. The first-order chi connectivity index (χ1) is 15.1. The molecule has 5 rings (SSSR count). The number of nitrogens with one attached hydrogen (secondary N) is 1. The van der Waals surface area contributed by atoms with E-state index in [4.69, 9.17) is 14.5 Å². The van der Waals surface area contributed by atoms with Crippen LogP contribution in [0.1, 0.15) is 29.0 Å². The Kier molecular flexibility index (Phi) is 5.66. The Morgan fingerprint density at radius 3 is 2.90 bits per heavy atom. The number of aromatic nitrogens is 3. The second-order valence-electron chi connectivity index (χ2n) is 7.40. The van der Waals surface area contributed by atoms with Crippen molar-refractivity contribution in [3.8, 4) is 22.9 Å². The van der Waals surface area contributed by atoms with Crippen LogP contribution in [0.2, 0.25) is 0 Å². The van der Waals surface area contributed by atoms with Gasteiger partial charge in [0.25, 0.3) is 5.56 Å². The molecule has 0 atom stereocenters. The highest BCUT2D eigenvalue weighted by atomic mass is 127. The number of nitrogens with zero attached hydrogens (tertiary/aromatic N) is 2. The van der Waals surface area contributed by atoms with Crippen LogP contribution >= 0.6 is 33.9 Å². The van der Waals surface area contributed by atoms with E-state index in [0.29, 0.717) is 23.9 Å². The monoisotopic (exact) mass is 545 g/mol. The van der Waals surface area contributed by atoms with Crippen molar-refractivity contribution >= 4 is 44.1 Å². The van der Waals surface area contributed by atoms with Gasteiger partial charge >= 0.3 is 0 Å². The minimum absolute atomic E-state index is 0.0659. The number of hydrogen-bond donors (Lipinski definition) is 1. The van der Waals surface area contributed by atoms with Gasteiger partial charge in [0.05, 0.1) is 21.8 Å². The highest BCUT2D eigenvalue weighted by Crippen LogP contribution is 2.38. The van der Waals surface area contributed by atoms with Crippen LogP contribution in [-0.2, 0) is 19.4 Å². The number of fused-ring (bicyclic) bond motifs is 3. The highest BCUT2D eigenvalue weighted by molar-refractivity contribution is 14.1. The van der Waals surface area contributed by atoms with Gasteiger partial charge in [-0.2, -0.15) is 0 Å². The minimum atomic E-state index is -0.0659. The summed E-state index contributed by atoms with van der Waals surface area (Å²) in [5.41, 5.74) is 2.75. The Morgan fingerprint density at radius 2 is 2.10 bits per heavy atom. The molecule has 0 spiro atoms. The van der Waals surface area contributed by atoms with Crippen LogP contribution in [-0.4, -0.2) is 22.1 Å². The van der Waals surface area contributed by atoms with Gasteiger partial charge in [-0.25, -0.2) is 4.98 Å². The zero-order valence-electron chi connectivity index (χ0n) is 16.9. The molecular formula is C23H20IN3O3S. The van der Waals surface area contributed by atoms with Gasteiger partial charge < -0.3 is 14.5 Å². The Balaban J connectivity index is 1.52. The molecule has 0 amide bonds. The minimum Gasteiger partial charge on any atom is -0.493 e. The predicted octanol–water partition coefficient (Wildman–Crippen LogP) is 5.12. The summed E-state index contributed by atoms with van der Waals surface area (Å²) in [6.45, 7) is 0.342. The van der Waals surface area contributed by atoms with Crippen molar-refractivity contribution in [2.45, 2.75) is 32.3 Å². The largest absolute Gasteiger partial charge is 0.493 e. The van der Waals surface area contributed by atoms with Gasteiger partial charge in [0.1, 0.15) is 17.3 Å². The lowest BCUT2D eigenvalue weighted by atomic mass is 9.97. The molecule has 8 heteroatoms. The molecule has 0 unspecified atom stereocenters. The van der Waals surface area contributed by atoms with Crippen molar-refractivity contribution < 1.29 is 9.47 Å². The molecule has 0 saturated carbocycles. The smallest absolute Gasteiger partial charge is 0.260 e. The van der Waals surface area contributed by atoms with Gasteiger partial charge in [-0.15, -0.1) is 11.3 Å². The van der Waals surface area contributed by atoms with Gasteiger partial charge in [0.15, 0.2) is 11.5 Å². The lowest BCUT2D eigenvalue weighted by molar-refractivity contribution is 0.278. The molecule has 3 aromatic heterocycles. The quantitative estimate of drug-likeness (QED) is 0.353. The normalized spacial score (nSPS) is 13.2. The molecule has 0 bridgehead atoms. The molecule has 4 aromatic rings. The zero-order chi connectivity index (χ0) is 21.4. The summed E-state index contributed by atoms with van der Waals surface area (Å²) in [4.78, 5) is 27.1. The first kappa shape index (κ1) is 20.4. The van der Waals surface area contributed by atoms with E-state index in [-0.39, 0.29) is 5.56 Å². The van der Waals surface area contributed by atoms with Crippen LogP contribution in [0, 0.1) is 3.57 Å². The van der Waals surface area contributed by atoms with E-state index in [1.165, 1.54) is 16.9 Å². The van der Waals surface area contributed by atoms with Gasteiger partial charge in [0.2, 0.25) is 0 Å². The number of ether oxygens (including phenoxy) is 2. The van der Waals surface area contributed by atoms with E-state index in [1.807, 2.05) is 30.3 Å². The van der Waals surface area contributed by atoms with Crippen molar-refractivity contribution in [2.75, 3.05) is 7.11 Å². The fraction of sp³-hybridized carbons (Fsp3) is 0.261. The highest BCUT2D eigenvalue weighted by Gasteiger charge is 2.21. The molecule has 3 heterocycles. The summed E-state index contributed by atoms with van der Waals surface area (Å²) in [5, 5.41) is 0.764. The zero-order valence-corrected chi connectivity index (χ0v) is 19.9. The summed E-state index contributed by atoms with van der Waals surface area (Å²) < 4.78 is 12.5. The molecule has 1 aromatic carbocycles. The molecule has 1 aliphatic carbocycles. The Hall–Kier alpha value is -2.46. The first-order valence-corrected chi connectivity index (χ1v) is 12.0. The molecule has 31 heavy (non-hydrogen) atoms. The Bertz CT molecular complexity index is 1320. The number of aromatic amines is 1. The molecule has 0 fully saturated rings. The number of halogens is 1. The molecule has 158 valence electrons. The van der Waals surface area contributed by atoms with E-state index >= 15 is 0 Å². The van der Waals surface area contributed by atoms with E-state index in [0.717, 1.165) is 44.3 Å². The summed E-state index contributed by atoms with van der Waals surface area (Å²) in [6, 6.07) is 9.52. The van der Waals surface area contributed by atoms with Gasteiger partial charge in [-0.1, -0.05) is 6.07 Å². The second-order valence-corrected chi connectivity index (χ2v) is 9.65.